The smallest absolute Gasteiger partial charge is 0.412 e. The maximum Gasteiger partial charge on any atom is 0.412 e. The average molecular weight is 335 g/mol. The molecular formula is C20H21N3O2. The standard InChI is InChI=1S/C20H21N3O2/c1-20(2,3)25-19(24)22-16-11-12-23-18(13-16)17(14-21-23)15-9-7-5-4-6-8-10-15/h4-14H,1-3H3,(H,22,24). The van der Waals surface area contributed by atoms with Crippen LogP contribution in [0.25, 0.3) is 11.1 Å². The molecule has 128 valence electrons. The molecule has 0 bridgehead atoms. The molecule has 2 heterocycles. The molecule has 1 aliphatic carbocycles. The lowest BCUT2D eigenvalue weighted by Crippen LogP contribution is -2.27. The number of allylic oxidation sites excluding steroid dienone is 8. The lowest BCUT2D eigenvalue weighted by molar-refractivity contribution is 0.0636. The van der Waals surface area contributed by atoms with Gasteiger partial charge in [0.1, 0.15) is 5.60 Å². The number of anilines is 1. The van der Waals surface area contributed by atoms with Crippen molar-refractivity contribution >= 4 is 22.9 Å². The third kappa shape index (κ3) is 4.26. The molecule has 0 aliphatic heterocycles. The van der Waals surface area contributed by atoms with Crippen LogP contribution in [0.4, 0.5) is 10.5 Å². The molecule has 0 saturated heterocycles. The van der Waals surface area contributed by atoms with Crippen LogP contribution in [0.1, 0.15) is 26.3 Å². The molecule has 0 fully saturated rings. The number of hydrogen-bond acceptors (Lipinski definition) is 3. The molecule has 5 nitrogen and oxygen atoms in total. The Balaban J connectivity index is 1.91. The molecule has 1 amide bonds. The van der Waals surface area contributed by atoms with Crippen molar-refractivity contribution in [2.24, 2.45) is 0 Å². The molecule has 0 atom stereocenters. The largest absolute Gasteiger partial charge is 0.444 e. The molecule has 2 aromatic heterocycles. The molecule has 5 heteroatoms. The van der Waals surface area contributed by atoms with Gasteiger partial charge in [-0.15, -0.1) is 0 Å². The van der Waals surface area contributed by atoms with Crippen LogP contribution in [-0.4, -0.2) is 21.3 Å². The Morgan fingerprint density at radius 3 is 2.72 bits per heavy atom. The number of carbonyl (C=O) groups is 1. The normalized spacial score (nSPS) is 14.1. The lowest BCUT2D eigenvalue weighted by atomic mass is 10.1. The van der Waals surface area contributed by atoms with Crippen molar-refractivity contribution in [3.8, 4) is 0 Å². The van der Waals surface area contributed by atoms with E-state index < -0.39 is 11.7 Å². The van der Waals surface area contributed by atoms with Crippen molar-refractivity contribution in [2.45, 2.75) is 26.4 Å². The van der Waals surface area contributed by atoms with Crippen LogP contribution in [0.15, 0.2) is 67.1 Å². The zero-order valence-corrected chi connectivity index (χ0v) is 14.6. The molecule has 1 N–H and O–H groups in total. The monoisotopic (exact) mass is 335 g/mol. The summed E-state index contributed by atoms with van der Waals surface area (Å²) in [7, 11) is 0. The van der Waals surface area contributed by atoms with Crippen LogP contribution in [0.3, 0.4) is 0 Å². The van der Waals surface area contributed by atoms with Crippen LogP contribution in [0.5, 0.6) is 0 Å². The quantitative estimate of drug-likeness (QED) is 0.862. The first-order valence-electron chi connectivity index (χ1n) is 8.12. The number of hydrogen-bond donors (Lipinski definition) is 1. The van der Waals surface area contributed by atoms with Gasteiger partial charge in [0.25, 0.3) is 0 Å². The van der Waals surface area contributed by atoms with Gasteiger partial charge in [-0.2, -0.15) is 5.10 Å². The Kier molecular flexibility index (Phi) is 4.57. The number of ether oxygens (including phenoxy) is 1. The van der Waals surface area contributed by atoms with Crippen molar-refractivity contribution in [3.05, 3.63) is 72.6 Å². The maximum atomic E-state index is 12.0. The molecule has 2 aromatic rings. The number of carbonyl (C=O) groups excluding carboxylic acids is 1. The summed E-state index contributed by atoms with van der Waals surface area (Å²) in [5.41, 5.74) is 3.07. The Bertz CT molecular complexity index is 909. The van der Waals surface area contributed by atoms with E-state index >= 15 is 0 Å². The van der Waals surface area contributed by atoms with Crippen LogP contribution in [0, 0.1) is 0 Å². The zero-order valence-electron chi connectivity index (χ0n) is 14.6. The number of amides is 1. The molecule has 0 spiro atoms. The van der Waals surface area contributed by atoms with E-state index in [1.54, 1.807) is 10.6 Å². The fourth-order valence-corrected chi connectivity index (χ4v) is 2.45. The number of fused-ring (bicyclic) bond motifs is 1. The lowest BCUT2D eigenvalue weighted by Gasteiger charge is -2.19. The van der Waals surface area contributed by atoms with Gasteiger partial charge in [-0.25, -0.2) is 9.31 Å². The number of aromatic nitrogens is 2. The van der Waals surface area contributed by atoms with Gasteiger partial charge in [0.15, 0.2) is 0 Å². The summed E-state index contributed by atoms with van der Waals surface area (Å²) >= 11 is 0. The topological polar surface area (TPSA) is 55.6 Å². The number of nitrogens with zero attached hydrogens (tertiary/aromatic N) is 2. The van der Waals surface area contributed by atoms with E-state index in [9.17, 15) is 4.79 Å². The van der Waals surface area contributed by atoms with E-state index in [-0.39, 0.29) is 0 Å². The summed E-state index contributed by atoms with van der Waals surface area (Å²) in [5.74, 6) is 0. The molecule has 25 heavy (non-hydrogen) atoms. The molecule has 0 saturated carbocycles. The fraction of sp³-hybridized carbons (Fsp3) is 0.200. The van der Waals surface area contributed by atoms with E-state index in [4.69, 9.17) is 4.74 Å². The predicted octanol–water partition coefficient (Wildman–Crippen LogP) is 4.75. The highest BCUT2D eigenvalue weighted by Gasteiger charge is 2.16. The maximum absolute atomic E-state index is 12.0. The summed E-state index contributed by atoms with van der Waals surface area (Å²) in [4.78, 5) is 12.0. The minimum absolute atomic E-state index is 0.476. The van der Waals surface area contributed by atoms with Gasteiger partial charge in [0, 0.05) is 17.4 Å². The molecule has 0 radical (unpaired) electrons. The first-order chi connectivity index (χ1) is 11.9. The Hall–Kier alpha value is -3.08. The van der Waals surface area contributed by atoms with Gasteiger partial charge in [0.05, 0.1) is 11.7 Å². The van der Waals surface area contributed by atoms with Crippen LogP contribution in [-0.2, 0) is 4.74 Å². The first-order valence-corrected chi connectivity index (χ1v) is 8.12. The second kappa shape index (κ2) is 6.81. The number of pyridine rings is 1. The molecule has 3 rings (SSSR count). The highest BCUT2D eigenvalue weighted by Crippen LogP contribution is 2.24. The minimum atomic E-state index is -0.537. The highest BCUT2D eigenvalue weighted by molar-refractivity contribution is 5.89. The van der Waals surface area contributed by atoms with E-state index in [2.05, 4.69) is 10.4 Å². The van der Waals surface area contributed by atoms with E-state index in [1.165, 1.54) is 0 Å². The average Bonchev–Trinajstić information content (AvgIpc) is 2.88. The van der Waals surface area contributed by atoms with Crippen LogP contribution in [0.2, 0.25) is 0 Å². The molecule has 1 aliphatic rings. The summed E-state index contributed by atoms with van der Waals surface area (Å²) in [6, 6.07) is 3.68. The van der Waals surface area contributed by atoms with Crippen LogP contribution < -0.4 is 5.32 Å². The minimum Gasteiger partial charge on any atom is -0.444 e. The van der Waals surface area contributed by atoms with E-state index in [0.717, 1.165) is 16.7 Å². The van der Waals surface area contributed by atoms with Gasteiger partial charge in [-0.3, -0.25) is 5.32 Å². The third-order valence-electron chi connectivity index (χ3n) is 3.47. The Labute approximate surface area is 147 Å². The summed E-state index contributed by atoms with van der Waals surface area (Å²) < 4.78 is 7.08. The number of nitrogens with one attached hydrogen (secondary N) is 1. The number of rotatable bonds is 2. The molecule has 0 aromatic carbocycles. The summed E-state index contributed by atoms with van der Waals surface area (Å²) in [5, 5.41) is 7.15. The zero-order chi connectivity index (χ0) is 17.9. The first kappa shape index (κ1) is 16.8. The van der Waals surface area contributed by atoms with E-state index in [0.29, 0.717) is 5.69 Å². The van der Waals surface area contributed by atoms with Crippen molar-refractivity contribution in [3.63, 3.8) is 0 Å². The van der Waals surface area contributed by atoms with Crippen molar-refractivity contribution in [2.75, 3.05) is 5.32 Å². The fourth-order valence-electron chi connectivity index (χ4n) is 2.45. The Morgan fingerprint density at radius 2 is 1.92 bits per heavy atom. The van der Waals surface area contributed by atoms with Gasteiger partial charge in [-0.1, -0.05) is 42.5 Å². The third-order valence-corrected chi connectivity index (χ3v) is 3.47. The highest BCUT2D eigenvalue weighted by atomic mass is 16.6. The predicted molar refractivity (Wildman–Crippen MR) is 100 cm³/mol. The second-order valence-electron chi connectivity index (χ2n) is 6.68. The summed E-state index contributed by atoms with van der Waals surface area (Å²) in [6.45, 7) is 5.50. The van der Waals surface area contributed by atoms with Crippen molar-refractivity contribution < 1.29 is 9.53 Å². The molecular weight excluding hydrogens is 314 g/mol. The van der Waals surface area contributed by atoms with Crippen LogP contribution >= 0.6 is 0 Å². The van der Waals surface area contributed by atoms with Gasteiger partial charge >= 0.3 is 6.09 Å². The van der Waals surface area contributed by atoms with Crippen molar-refractivity contribution in [1.29, 1.82) is 0 Å². The van der Waals surface area contributed by atoms with Crippen molar-refractivity contribution in [1.82, 2.24) is 9.61 Å². The molecule has 0 unspecified atom stereocenters. The second-order valence-corrected chi connectivity index (χ2v) is 6.68. The SMILES string of the molecule is CC(C)(C)OC(=O)Nc1ccn2ncc(C3=CC=CC=CC=C3)c2c1. The Morgan fingerprint density at radius 1 is 1.16 bits per heavy atom. The van der Waals surface area contributed by atoms with Gasteiger partial charge < -0.3 is 4.74 Å². The summed E-state index contributed by atoms with van der Waals surface area (Å²) in [6.07, 6.45) is 17.1. The van der Waals surface area contributed by atoms with E-state index in [1.807, 2.05) is 81.8 Å². The van der Waals surface area contributed by atoms with Gasteiger partial charge in [-0.05, 0) is 38.5 Å². The van der Waals surface area contributed by atoms with Gasteiger partial charge in [0.2, 0.25) is 0 Å².